The summed E-state index contributed by atoms with van der Waals surface area (Å²) in [6, 6.07) is 7.30. The highest BCUT2D eigenvalue weighted by atomic mass is 16.5. The van der Waals surface area contributed by atoms with Gasteiger partial charge in [-0.2, -0.15) is 0 Å². The molecule has 1 aliphatic heterocycles. The molecule has 1 fully saturated rings. The van der Waals surface area contributed by atoms with E-state index in [-0.39, 0.29) is 17.6 Å². The number of hydrogen-bond acceptors (Lipinski definition) is 4. The van der Waals surface area contributed by atoms with Crippen LogP contribution < -0.4 is 5.56 Å². The normalized spacial score (nSPS) is 18.1. The Morgan fingerprint density at radius 2 is 2.17 bits per heavy atom. The molecular formula is C18H23N3O3. The first-order valence-electron chi connectivity index (χ1n) is 8.45. The second kappa shape index (κ2) is 7.13. The standard InChI is InChI=1S/C18H23N3O3/c1-3-14-12-20(10-11-24-14)17(22)8-9-21-13(2)19-16-7-5-4-6-15(16)18(21)23/h4-7,14H,3,8-12H2,1-2H3. The average Bonchev–Trinajstić information content (AvgIpc) is 2.61. The fraction of sp³-hybridized carbons (Fsp3) is 0.500. The van der Waals surface area contributed by atoms with Gasteiger partial charge in [0.2, 0.25) is 5.91 Å². The maximum Gasteiger partial charge on any atom is 0.261 e. The number of benzene rings is 1. The van der Waals surface area contributed by atoms with E-state index in [0.717, 1.165) is 6.42 Å². The Labute approximate surface area is 141 Å². The van der Waals surface area contributed by atoms with Gasteiger partial charge in [-0.3, -0.25) is 14.2 Å². The van der Waals surface area contributed by atoms with Gasteiger partial charge in [0.15, 0.2) is 0 Å². The monoisotopic (exact) mass is 329 g/mol. The highest BCUT2D eigenvalue weighted by Crippen LogP contribution is 2.11. The number of ether oxygens (including phenoxy) is 1. The fourth-order valence-electron chi connectivity index (χ4n) is 3.10. The molecule has 2 heterocycles. The van der Waals surface area contributed by atoms with Gasteiger partial charge in [0.05, 0.1) is 23.6 Å². The van der Waals surface area contributed by atoms with Gasteiger partial charge in [-0.1, -0.05) is 19.1 Å². The topological polar surface area (TPSA) is 64.4 Å². The van der Waals surface area contributed by atoms with E-state index < -0.39 is 0 Å². The average molecular weight is 329 g/mol. The summed E-state index contributed by atoms with van der Waals surface area (Å²) in [6.07, 6.45) is 1.32. The van der Waals surface area contributed by atoms with Crippen LogP contribution in [0.5, 0.6) is 0 Å². The molecule has 1 unspecified atom stereocenters. The van der Waals surface area contributed by atoms with Crippen LogP contribution in [0.15, 0.2) is 29.1 Å². The van der Waals surface area contributed by atoms with Crippen LogP contribution in [0, 0.1) is 6.92 Å². The van der Waals surface area contributed by atoms with Crippen LogP contribution in [-0.2, 0) is 16.1 Å². The third kappa shape index (κ3) is 3.33. The van der Waals surface area contributed by atoms with Crippen LogP contribution in [0.4, 0.5) is 0 Å². The third-order valence-electron chi connectivity index (χ3n) is 4.55. The Kier molecular flexibility index (Phi) is 4.94. The van der Waals surface area contributed by atoms with Crippen LogP contribution >= 0.6 is 0 Å². The lowest BCUT2D eigenvalue weighted by Gasteiger charge is -2.32. The maximum absolute atomic E-state index is 12.6. The number of morpholine rings is 1. The number of nitrogens with zero attached hydrogens (tertiary/aromatic N) is 3. The quantitative estimate of drug-likeness (QED) is 0.857. The summed E-state index contributed by atoms with van der Waals surface area (Å²) in [6.45, 7) is 6.07. The van der Waals surface area contributed by atoms with E-state index in [1.165, 1.54) is 0 Å². The van der Waals surface area contributed by atoms with Crippen molar-refractivity contribution in [3.05, 3.63) is 40.4 Å². The molecule has 0 N–H and O–H groups in total. The Bertz CT molecular complexity index is 800. The molecule has 0 spiro atoms. The number of rotatable bonds is 4. The van der Waals surface area contributed by atoms with Crippen molar-refractivity contribution >= 4 is 16.8 Å². The van der Waals surface area contributed by atoms with E-state index in [4.69, 9.17) is 4.74 Å². The van der Waals surface area contributed by atoms with Crippen molar-refractivity contribution in [2.45, 2.75) is 39.3 Å². The third-order valence-corrected chi connectivity index (χ3v) is 4.55. The van der Waals surface area contributed by atoms with Crippen LogP contribution in [0.1, 0.15) is 25.6 Å². The van der Waals surface area contributed by atoms with Crippen molar-refractivity contribution in [1.29, 1.82) is 0 Å². The Balaban J connectivity index is 1.73. The molecular weight excluding hydrogens is 306 g/mol. The van der Waals surface area contributed by atoms with Crippen molar-refractivity contribution in [3.63, 3.8) is 0 Å². The molecule has 6 nitrogen and oxygen atoms in total. The second-order valence-corrected chi connectivity index (χ2v) is 6.12. The van der Waals surface area contributed by atoms with Gasteiger partial charge in [-0.05, 0) is 25.5 Å². The largest absolute Gasteiger partial charge is 0.375 e. The number of hydrogen-bond donors (Lipinski definition) is 0. The van der Waals surface area contributed by atoms with E-state index in [1.807, 2.05) is 23.1 Å². The number of fused-ring (bicyclic) bond motifs is 1. The zero-order chi connectivity index (χ0) is 17.1. The summed E-state index contributed by atoms with van der Waals surface area (Å²) in [7, 11) is 0. The van der Waals surface area contributed by atoms with Gasteiger partial charge < -0.3 is 9.64 Å². The Morgan fingerprint density at radius 3 is 2.96 bits per heavy atom. The molecule has 2 aromatic rings. The maximum atomic E-state index is 12.6. The molecule has 0 aliphatic carbocycles. The summed E-state index contributed by atoms with van der Waals surface area (Å²) >= 11 is 0. The van der Waals surface area contributed by atoms with E-state index >= 15 is 0 Å². The van der Waals surface area contributed by atoms with Crippen molar-refractivity contribution < 1.29 is 9.53 Å². The summed E-state index contributed by atoms with van der Waals surface area (Å²) in [5.74, 6) is 0.705. The molecule has 3 rings (SSSR count). The molecule has 0 radical (unpaired) electrons. The van der Waals surface area contributed by atoms with E-state index in [0.29, 0.717) is 49.4 Å². The second-order valence-electron chi connectivity index (χ2n) is 6.12. The van der Waals surface area contributed by atoms with E-state index in [1.54, 1.807) is 17.6 Å². The molecule has 1 aliphatic rings. The minimum absolute atomic E-state index is 0.0659. The van der Waals surface area contributed by atoms with Crippen molar-refractivity contribution in [3.8, 4) is 0 Å². The van der Waals surface area contributed by atoms with Crippen LogP contribution in [0.3, 0.4) is 0 Å². The SMILES string of the molecule is CCC1CN(C(=O)CCn2c(C)nc3ccccc3c2=O)CCO1. The van der Waals surface area contributed by atoms with Crippen LogP contribution in [0.2, 0.25) is 0 Å². The molecule has 0 bridgehead atoms. The molecule has 1 aromatic carbocycles. The predicted molar refractivity (Wildman–Crippen MR) is 92.0 cm³/mol. The number of amides is 1. The lowest BCUT2D eigenvalue weighted by Crippen LogP contribution is -2.45. The van der Waals surface area contributed by atoms with Gasteiger partial charge in [-0.15, -0.1) is 0 Å². The lowest BCUT2D eigenvalue weighted by atomic mass is 10.2. The van der Waals surface area contributed by atoms with Gasteiger partial charge in [-0.25, -0.2) is 4.98 Å². The highest BCUT2D eigenvalue weighted by Gasteiger charge is 2.23. The first-order valence-corrected chi connectivity index (χ1v) is 8.45. The van der Waals surface area contributed by atoms with Gasteiger partial charge in [0.1, 0.15) is 5.82 Å². The zero-order valence-electron chi connectivity index (χ0n) is 14.2. The minimum Gasteiger partial charge on any atom is -0.375 e. The highest BCUT2D eigenvalue weighted by molar-refractivity contribution is 5.78. The van der Waals surface area contributed by atoms with E-state index in [2.05, 4.69) is 11.9 Å². The number of aromatic nitrogens is 2. The van der Waals surface area contributed by atoms with Gasteiger partial charge >= 0.3 is 0 Å². The molecule has 6 heteroatoms. The lowest BCUT2D eigenvalue weighted by molar-refractivity contribution is -0.139. The molecule has 1 aromatic heterocycles. The summed E-state index contributed by atoms with van der Waals surface area (Å²) < 4.78 is 7.19. The first-order chi connectivity index (χ1) is 11.6. The molecule has 1 atom stereocenters. The Morgan fingerprint density at radius 1 is 1.38 bits per heavy atom. The molecule has 1 amide bonds. The summed E-state index contributed by atoms with van der Waals surface area (Å²) in [4.78, 5) is 31.4. The van der Waals surface area contributed by atoms with Gasteiger partial charge in [0, 0.05) is 26.1 Å². The predicted octanol–water partition coefficient (Wildman–Crippen LogP) is 1.73. The zero-order valence-corrected chi connectivity index (χ0v) is 14.2. The smallest absolute Gasteiger partial charge is 0.261 e. The number of aryl methyl sites for hydroxylation is 1. The van der Waals surface area contributed by atoms with Crippen molar-refractivity contribution in [2.24, 2.45) is 0 Å². The summed E-state index contributed by atoms with van der Waals surface area (Å²) in [5.41, 5.74) is 0.612. The van der Waals surface area contributed by atoms with Crippen LogP contribution in [0.25, 0.3) is 10.9 Å². The number of para-hydroxylation sites is 1. The molecule has 128 valence electrons. The first kappa shape index (κ1) is 16.6. The van der Waals surface area contributed by atoms with Crippen molar-refractivity contribution in [1.82, 2.24) is 14.5 Å². The van der Waals surface area contributed by atoms with E-state index in [9.17, 15) is 9.59 Å². The summed E-state index contributed by atoms with van der Waals surface area (Å²) in [5, 5.41) is 0.591. The van der Waals surface area contributed by atoms with Crippen molar-refractivity contribution in [2.75, 3.05) is 19.7 Å². The number of carbonyl (C=O) groups excluding carboxylic acids is 1. The Hall–Kier alpha value is -2.21. The molecule has 24 heavy (non-hydrogen) atoms. The number of carbonyl (C=O) groups is 1. The van der Waals surface area contributed by atoms with Gasteiger partial charge in [0.25, 0.3) is 5.56 Å². The fourth-order valence-corrected chi connectivity index (χ4v) is 3.10. The minimum atomic E-state index is -0.0840. The van der Waals surface area contributed by atoms with Crippen LogP contribution in [-0.4, -0.2) is 46.2 Å². The molecule has 1 saturated heterocycles. The molecule has 0 saturated carbocycles.